The average molecular weight is 306 g/mol. The van der Waals surface area contributed by atoms with E-state index in [1.54, 1.807) is 18.2 Å². The van der Waals surface area contributed by atoms with Gasteiger partial charge in [-0.2, -0.15) is 0 Å². The number of carbonyl (C=O) groups is 2. The predicted octanol–water partition coefficient (Wildman–Crippen LogP) is 2.21. The van der Waals surface area contributed by atoms with Gasteiger partial charge in [0.2, 0.25) is 0 Å². The van der Waals surface area contributed by atoms with E-state index in [0.29, 0.717) is 5.69 Å². The van der Waals surface area contributed by atoms with Crippen LogP contribution in [0.15, 0.2) is 42.5 Å². The molecule has 0 atom stereocenters. The molecule has 0 bridgehead atoms. The number of halogens is 1. The highest BCUT2D eigenvalue weighted by Crippen LogP contribution is 2.24. The number of hydrogen-bond donors (Lipinski definition) is 4. The van der Waals surface area contributed by atoms with Gasteiger partial charge in [0.1, 0.15) is 5.75 Å². The lowest BCUT2D eigenvalue weighted by atomic mass is 10.2. The number of amides is 2. The van der Waals surface area contributed by atoms with Crippen LogP contribution in [0.25, 0.3) is 0 Å². The van der Waals surface area contributed by atoms with Crippen LogP contribution in [-0.4, -0.2) is 16.9 Å². The maximum Gasteiger partial charge on any atom is 0.314 e. The SMILES string of the molecule is Nc1ccc(NC(=O)C(=O)Nc2ccccc2O)c(Cl)c1. The lowest BCUT2D eigenvalue weighted by molar-refractivity contribution is -0.133. The Morgan fingerprint density at radius 1 is 1.00 bits per heavy atom. The second-order valence-electron chi connectivity index (χ2n) is 4.16. The molecule has 0 aliphatic heterocycles. The quantitative estimate of drug-likeness (QED) is 0.388. The highest BCUT2D eigenvalue weighted by Gasteiger charge is 2.16. The topological polar surface area (TPSA) is 104 Å². The predicted molar refractivity (Wildman–Crippen MR) is 81.2 cm³/mol. The third kappa shape index (κ3) is 3.64. The zero-order valence-corrected chi connectivity index (χ0v) is 11.5. The Morgan fingerprint density at radius 3 is 2.24 bits per heavy atom. The van der Waals surface area contributed by atoms with Gasteiger partial charge in [-0.1, -0.05) is 23.7 Å². The molecule has 2 rings (SSSR count). The summed E-state index contributed by atoms with van der Waals surface area (Å²) in [6.45, 7) is 0. The highest BCUT2D eigenvalue weighted by molar-refractivity contribution is 6.45. The van der Waals surface area contributed by atoms with E-state index < -0.39 is 11.8 Å². The van der Waals surface area contributed by atoms with Crippen LogP contribution in [0.3, 0.4) is 0 Å². The van der Waals surface area contributed by atoms with Crippen LogP contribution in [0.2, 0.25) is 5.02 Å². The van der Waals surface area contributed by atoms with Crippen molar-refractivity contribution < 1.29 is 14.7 Å². The molecule has 21 heavy (non-hydrogen) atoms. The summed E-state index contributed by atoms with van der Waals surface area (Å²) in [6.07, 6.45) is 0. The largest absolute Gasteiger partial charge is 0.506 e. The molecule has 2 aromatic carbocycles. The molecular formula is C14H12ClN3O3. The minimum atomic E-state index is -0.926. The summed E-state index contributed by atoms with van der Waals surface area (Å²) in [5.74, 6) is -1.97. The first-order valence-electron chi connectivity index (χ1n) is 5.92. The van der Waals surface area contributed by atoms with E-state index in [1.807, 2.05) is 0 Å². The second-order valence-corrected chi connectivity index (χ2v) is 4.57. The van der Waals surface area contributed by atoms with Gasteiger partial charge in [-0.25, -0.2) is 0 Å². The van der Waals surface area contributed by atoms with Crippen molar-refractivity contribution >= 4 is 40.5 Å². The van der Waals surface area contributed by atoms with E-state index >= 15 is 0 Å². The number of rotatable bonds is 2. The molecule has 6 nitrogen and oxygen atoms in total. The number of aromatic hydroxyl groups is 1. The number of benzene rings is 2. The maximum atomic E-state index is 11.8. The minimum absolute atomic E-state index is 0.135. The lowest BCUT2D eigenvalue weighted by Gasteiger charge is -2.09. The number of hydrogen-bond acceptors (Lipinski definition) is 4. The van der Waals surface area contributed by atoms with E-state index in [2.05, 4.69) is 10.6 Å². The zero-order chi connectivity index (χ0) is 15.4. The number of nitrogen functional groups attached to an aromatic ring is 1. The molecule has 0 aliphatic rings. The summed E-state index contributed by atoms with van der Waals surface area (Å²) in [5, 5.41) is 14.4. The van der Waals surface area contributed by atoms with E-state index in [-0.39, 0.29) is 22.1 Å². The monoisotopic (exact) mass is 305 g/mol. The van der Waals surface area contributed by atoms with E-state index in [0.717, 1.165) is 0 Å². The van der Waals surface area contributed by atoms with Crippen LogP contribution in [0.1, 0.15) is 0 Å². The smallest absolute Gasteiger partial charge is 0.314 e. The molecule has 2 aromatic rings. The van der Waals surface area contributed by atoms with Gasteiger partial charge in [0.15, 0.2) is 0 Å². The summed E-state index contributed by atoms with van der Waals surface area (Å²) in [7, 11) is 0. The van der Waals surface area contributed by atoms with Crippen LogP contribution in [0.5, 0.6) is 5.75 Å². The Bertz CT molecular complexity index is 704. The van der Waals surface area contributed by atoms with E-state index in [9.17, 15) is 14.7 Å². The number of para-hydroxylation sites is 2. The molecule has 0 spiro atoms. The molecule has 0 aliphatic carbocycles. The number of phenolic OH excluding ortho intramolecular Hbond substituents is 1. The van der Waals surface area contributed by atoms with Gasteiger partial charge in [-0.15, -0.1) is 0 Å². The van der Waals surface area contributed by atoms with Crippen LogP contribution < -0.4 is 16.4 Å². The number of phenols is 1. The number of anilines is 3. The zero-order valence-electron chi connectivity index (χ0n) is 10.8. The average Bonchev–Trinajstić information content (AvgIpc) is 2.44. The fourth-order valence-corrected chi connectivity index (χ4v) is 1.81. The minimum Gasteiger partial charge on any atom is -0.506 e. The molecule has 5 N–H and O–H groups in total. The van der Waals surface area contributed by atoms with E-state index in [4.69, 9.17) is 17.3 Å². The molecule has 7 heteroatoms. The maximum absolute atomic E-state index is 11.8. The van der Waals surface area contributed by atoms with Crippen LogP contribution in [-0.2, 0) is 9.59 Å². The molecule has 0 unspecified atom stereocenters. The summed E-state index contributed by atoms with van der Waals surface area (Å²) in [5.41, 5.74) is 6.38. The van der Waals surface area contributed by atoms with Gasteiger partial charge in [-0.05, 0) is 30.3 Å². The lowest BCUT2D eigenvalue weighted by Crippen LogP contribution is -2.29. The van der Waals surface area contributed by atoms with Crippen LogP contribution in [0.4, 0.5) is 17.1 Å². The van der Waals surface area contributed by atoms with Crippen molar-refractivity contribution in [1.29, 1.82) is 0 Å². The van der Waals surface area contributed by atoms with Crippen molar-refractivity contribution in [2.75, 3.05) is 16.4 Å². The van der Waals surface area contributed by atoms with Gasteiger partial charge in [0, 0.05) is 5.69 Å². The van der Waals surface area contributed by atoms with Crippen molar-refractivity contribution in [1.82, 2.24) is 0 Å². The Morgan fingerprint density at radius 2 is 1.62 bits per heavy atom. The van der Waals surface area contributed by atoms with Gasteiger partial charge in [0.05, 0.1) is 16.4 Å². The molecule has 0 fully saturated rings. The van der Waals surface area contributed by atoms with Crippen LogP contribution in [0, 0.1) is 0 Å². The van der Waals surface area contributed by atoms with Crippen molar-refractivity contribution in [3.63, 3.8) is 0 Å². The molecule has 0 radical (unpaired) electrons. The fourth-order valence-electron chi connectivity index (χ4n) is 1.57. The summed E-state index contributed by atoms with van der Waals surface area (Å²) >= 11 is 5.90. The van der Waals surface area contributed by atoms with Gasteiger partial charge in [-0.3, -0.25) is 9.59 Å². The summed E-state index contributed by atoms with van der Waals surface area (Å²) in [6, 6.07) is 10.6. The fraction of sp³-hybridized carbons (Fsp3) is 0. The number of carbonyl (C=O) groups excluding carboxylic acids is 2. The summed E-state index contributed by atoms with van der Waals surface area (Å²) < 4.78 is 0. The van der Waals surface area contributed by atoms with Crippen molar-refractivity contribution in [3.8, 4) is 5.75 Å². The Kier molecular flexibility index (Phi) is 4.30. The standard InChI is InChI=1S/C14H12ClN3O3/c15-9-7-8(16)5-6-10(9)17-13(20)14(21)18-11-3-1-2-4-12(11)19/h1-7,19H,16H2,(H,17,20)(H,18,21). The third-order valence-electron chi connectivity index (χ3n) is 2.60. The first kappa shape index (κ1) is 14.7. The Labute approximate surface area is 125 Å². The van der Waals surface area contributed by atoms with Crippen molar-refractivity contribution in [2.45, 2.75) is 0 Å². The van der Waals surface area contributed by atoms with Gasteiger partial charge in [0.25, 0.3) is 0 Å². The third-order valence-corrected chi connectivity index (χ3v) is 2.91. The molecule has 108 valence electrons. The Balaban J connectivity index is 2.06. The van der Waals surface area contributed by atoms with Crippen molar-refractivity contribution in [2.24, 2.45) is 0 Å². The Hall–Kier alpha value is -2.73. The van der Waals surface area contributed by atoms with Crippen LogP contribution >= 0.6 is 11.6 Å². The number of nitrogens with two attached hydrogens (primary N) is 1. The molecular weight excluding hydrogens is 294 g/mol. The van der Waals surface area contributed by atoms with Gasteiger partial charge >= 0.3 is 11.8 Å². The molecule has 0 aromatic heterocycles. The molecule has 2 amide bonds. The first-order valence-corrected chi connectivity index (χ1v) is 6.30. The highest BCUT2D eigenvalue weighted by atomic mass is 35.5. The molecule has 0 saturated carbocycles. The van der Waals surface area contributed by atoms with Gasteiger partial charge < -0.3 is 21.5 Å². The van der Waals surface area contributed by atoms with Crippen molar-refractivity contribution in [3.05, 3.63) is 47.5 Å². The first-order chi connectivity index (χ1) is 9.97. The normalized spacial score (nSPS) is 9.95. The second kappa shape index (κ2) is 6.15. The summed E-state index contributed by atoms with van der Waals surface area (Å²) in [4.78, 5) is 23.5. The van der Waals surface area contributed by atoms with E-state index in [1.165, 1.54) is 24.3 Å². The molecule has 0 saturated heterocycles. The number of nitrogens with one attached hydrogen (secondary N) is 2. The molecule has 0 heterocycles.